The molecule has 122 valence electrons. The summed E-state index contributed by atoms with van der Waals surface area (Å²) in [6, 6.07) is 9.08. The minimum Gasteiger partial charge on any atom is -0.497 e. The van der Waals surface area contributed by atoms with Crippen molar-refractivity contribution in [3.05, 3.63) is 69.1 Å². The Balaban J connectivity index is 2.01. The van der Waals surface area contributed by atoms with Gasteiger partial charge in [-0.3, -0.25) is 0 Å². The Morgan fingerprint density at radius 3 is 2.67 bits per heavy atom. The van der Waals surface area contributed by atoms with Crippen molar-refractivity contribution in [1.29, 1.82) is 0 Å². The van der Waals surface area contributed by atoms with Crippen molar-refractivity contribution in [3.8, 4) is 5.75 Å². The van der Waals surface area contributed by atoms with E-state index in [1.165, 1.54) is 31.4 Å². The molecule has 0 saturated heterocycles. The van der Waals surface area contributed by atoms with E-state index in [-0.39, 0.29) is 22.2 Å². The molecule has 1 heterocycles. The van der Waals surface area contributed by atoms with Gasteiger partial charge in [-0.25, -0.2) is 14.2 Å². The van der Waals surface area contributed by atoms with Gasteiger partial charge in [0.1, 0.15) is 11.6 Å². The van der Waals surface area contributed by atoms with Crippen LogP contribution >= 0.6 is 23.2 Å². The lowest BCUT2D eigenvalue weighted by Gasteiger charge is -2.05. The Morgan fingerprint density at radius 2 is 2.00 bits per heavy atom. The van der Waals surface area contributed by atoms with Crippen LogP contribution in [-0.4, -0.2) is 19.0 Å². The molecule has 0 fully saturated rings. The number of carbonyl (C=O) groups is 1. The lowest BCUT2D eigenvalue weighted by molar-refractivity contribution is -0.129. The van der Waals surface area contributed by atoms with E-state index in [0.29, 0.717) is 16.3 Å². The zero-order chi connectivity index (χ0) is 17.3. The number of nitrogens with zero attached hydrogens (tertiary/aromatic N) is 1. The van der Waals surface area contributed by atoms with Crippen LogP contribution in [0.25, 0.3) is 6.08 Å². The molecule has 1 aliphatic rings. The smallest absolute Gasteiger partial charge is 0.363 e. The number of ether oxygens (including phenoxy) is 2. The van der Waals surface area contributed by atoms with E-state index in [0.717, 1.165) is 0 Å². The first-order valence-electron chi connectivity index (χ1n) is 6.80. The number of cyclic esters (lactones) is 1. The summed E-state index contributed by atoms with van der Waals surface area (Å²) in [5.41, 5.74) is 0.426. The zero-order valence-corrected chi connectivity index (χ0v) is 13.9. The van der Waals surface area contributed by atoms with Crippen LogP contribution in [0.1, 0.15) is 11.1 Å². The van der Waals surface area contributed by atoms with Crippen LogP contribution in [0.2, 0.25) is 10.0 Å². The molecule has 4 nitrogen and oxygen atoms in total. The van der Waals surface area contributed by atoms with Gasteiger partial charge in [0.15, 0.2) is 5.70 Å². The third kappa shape index (κ3) is 3.13. The second kappa shape index (κ2) is 6.63. The normalized spacial score (nSPS) is 15.4. The summed E-state index contributed by atoms with van der Waals surface area (Å²) in [5.74, 6) is -0.681. The van der Waals surface area contributed by atoms with E-state index < -0.39 is 11.8 Å². The Kier molecular flexibility index (Phi) is 4.55. The average molecular weight is 366 g/mol. The number of esters is 1. The highest BCUT2D eigenvalue weighted by Crippen LogP contribution is 2.28. The van der Waals surface area contributed by atoms with E-state index >= 15 is 0 Å². The van der Waals surface area contributed by atoms with Crippen molar-refractivity contribution in [2.45, 2.75) is 0 Å². The highest BCUT2D eigenvalue weighted by atomic mass is 35.5. The van der Waals surface area contributed by atoms with Gasteiger partial charge in [0, 0.05) is 5.56 Å². The van der Waals surface area contributed by atoms with Gasteiger partial charge in [-0.05, 0) is 36.4 Å². The predicted octanol–water partition coefficient (Wildman–Crippen LogP) is 4.49. The zero-order valence-electron chi connectivity index (χ0n) is 12.3. The van der Waals surface area contributed by atoms with Crippen LogP contribution in [0.15, 0.2) is 47.1 Å². The largest absolute Gasteiger partial charge is 0.497 e. The van der Waals surface area contributed by atoms with Crippen molar-refractivity contribution in [3.63, 3.8) is 0 Å². The third-order valence-electron chi connectivity index (χ3n) is 3.31. The quantitative estimate of drug-likeness (QED) is 0.594. The van der Waals surface area contributed by atoms with Gasteiger partial charge < -0.3 is 9.47 Å². The van der Waals surface area contributed by atoms with Gasteiger partial charge in [-0.15, -0.1) is 0 Å². The van der Waals surface area contributed by atoms with Gasteiger partial charge in [0.2, 0.25) is 5.90 Å². The predicted molar refractivity (Wildman–Crippen MR) is 90.0 cm³/mol. The van der Waals surface area contributed by atoms with Crippen LogP contribution in [0.5, 0.6) is 5.75 Å². The maximum atomic E-state index is 13.8. The summed E-state index contributed by atoms with van der Waals surface area (Å²) in [6.45, 7) is 0. The SMILES string of the molecule is COc1ccc(C2=NC(=Cc3c(F)cccc3Cl)C(=O)O2)c(Cl)c1. The molecule has 0 saturated carbocycles. The first-order valence-corrected chi connectivity index (χ1v) is 7.55. The summed E-state index contributed by atoms with van der Waals surface area (Å²) in [5, 5.41) is 0.479. The number of aliphatic imine (C=N–C) groups is 1. The molecule has 0 bridgehead atoms. The molecule has 24 heavy (non-hydrogen) atoms. The molecule has 0 N–H and O–H groups in total. The Labute approximate surface area is 147 Å². The van der Waals surface area contributed by atoms with Gasteiger partial charge in [-0.2, -0.15) is 0 Å². The van der Waals surface area contributed by atoms with Crippen molar-refractivity contribution in [1.82, 2.24) is 0 Å². The molecule has 0 spiro atoms. The van der Waals surface area contributed by atoms with Crippen LogP contribution in [-0.2, 0) is 9.53 Å². The van der Waals surface area contributed by atoms with Crippen molar-refractivity contribution in [2.24, 2.45) is 4.99 Å². The summed E-state index contributed by atoms with van der Waals surface area (Å²) in [6.07, 6.45) is 1.24. The summed E-state index contributed by atoms with van der Waals surface area (Å²) in [4.78, 5) is 16.1. The van der Waals surface area contributed by atoms with Crippen molar-refractivity contribution < 1.29 is 18.7 Å². The molecule has 0 aliphatic carbocycles. The Hall–Kier alpha value is -2.37. The lowest BCUT2D eigenvalue weighted by Crippen LogP contribution is -2.06. The van der Waals surface area contributed by atoms with E-state index in [1.807, 2.05) is 0 Å². The van der Waals surface area contributed by atoms with Gasteiger partial charge in [0.25, 0.3) is 0 Å². The first-order chi connectivity index (χ1) is 11.5. The Bertz CT molecular complexity index is 873. The highest BCUT2D eigenvalue weighted by Gasteiger charge is 2.26. The topological polar surface area (TPSA) is 47.9 Å². The molecule has 0 unspecified atom stereocenters. The second-order valence-electron chi connectivity index (χ2n) is 4.82. The minimum absolute atomic E-state index is 0.0337. The fourth-order valence-electron chi connectivity index (χ4n) is 2.11. The molecular weight excluding hydrogens is 356 g/mol. The van der Waals surface area contributed by atoms with E-state index in [9.17, 15) is 9.18 Å². The molecule has 0 amide bonds. The van der Waals surface area contributed by atoms with Gasteiger partial charge >= 0.3 is 5.97 Å². The van der Waals surface area contributed by atoms with Crippen molar-refractivity contribution in [2.75, 3.05) is 7.11 Å². The molecule has 0 radical (unpaired) electrons. The van der Waals surface area contributed by atoms with E-state index in [2.05, 4.69) is 4.99 Å². The standard InChI is InChI=1S/C17H10Cl2FNO3/c1-23-9-5-6-10(13(19)7-9)16-21-15(17(22)24-16)8-11-12(18)3-2-4-14(11)20/h2-8H,1H3. The number of rotatable bonds is 3. The van der Waals surface area contributed by atoms with Crippen molar-refractivity contribution >= 4 is 41.1 Å². The number of benzene rings is 2. The fourth-order valence-corrected chi connectivity index (χ4v) is 2.57. The minimum atomic E-state index is -0.712. The molecule has 7 heteroatoms. The first kappa shape index (κ1) is 16.5. The molecular formula is C17H10Cl2FNO3. The van der Waals surface area contributed by atoms with Gasteiger partial charge in [-0.1, -0.05) is 29.3 Å². The van der Waals surface area contributed by atoms with E-state index in [1.54, 1.807) is 18.2 Å². The number of carbonyl (C=O) groups excluding carboxylic acids is 1. The van der Waals surface area contributed by atoms with Crippen LogP contribution in [0, 0.1) is 5.82 Å². The molecule has 1 aliphatic heterocycles. The Morgan fingerprint density at radius 1 is 1.21 bits per heavy atom. The molecule has 2 aromatic rings. The van der Waals surface area contributed by atoms with Crippen LogP contribution in [0.3, 0.4) is 0 Å². The highest BCUT2D eigenvalue weighted by molar-refractivity contribution is 6.35. The number of hydrogen-bond donors (Lipinski definition) is 0. The number of halogens is 3. The average Bonchev–Trinajstić information content (AvgIpc) is 2.91. The second-order valence-corrected chi connectivity index (χ2v) is 5.63. The van der Waals surface area contributed by atoms with E-state index in [4.69, 9.17) is 32.7 Å². The van der Waals surface area contributed by atoms with Crippen LogP contribution in [0.4, 0.5) is 4.39 Å². The molecule has 0 aromatic heterocycles. The molecule has 0 atom stereocenters. The molecule has 2 aromatic carbocycles. The van der Waals surface area contributed by atoms with Gasteiger partial charge in [0.05, 0.1) is 22.7 Å². The lowest BCUT2D eigenvalue weighted by atomic mass is 10.2. The number of methoxy groups -OCH3 is 1. The van der Waals surface area contributed by atoms with Crippen LogP contribution < -0.4 is 4.74 Å². The maximum Gasteiger partial charge on any atom is 0.363 e. The maximum absolute atomic E-state index is 13.8. The number of hydrogen-bond acceptors (Lipinski definition) is 4. The monoisotopic (exact) mass is 365 g/mol. The summed E-state index contributed by atoms with van der Waals surface area (Å²) in [7, 11) is 1.51. The molecule has 3 rings (SSSR count). The third-order valence-corrected chi connectivity index (χ3v) is 3.95. The fraction of sp³-hybridized carbons (Fsp3) is 0.0588. The summed E-state index contributed by atoms with van der Waals surface area (Å²) < 4.78 is 24.0. The summed E-state index contributed by atoms with van der Waals surface area (Å²) >= 11 is 12.1.